The van der Waals surface area contributed by atoms with Crippen LogP contribution in [-0.2, 0) is 4.79 Å². The molecule has 0 saturated carbocycles. The molecule has 0 unspecified atom stereocenters. The van der Waals surface area contributed by atoms with E-state index >= 15 is 0 Å². The van der Waals surface area contributed by atoms with Crippen molar-refractivity contribution in [3.8, 4) is 0 Å². The highest BCUT2D eigenvalue weighted by Crippen LogP contribution is 2.27. The summed E-state index contributed by atoms with van der Waals surface area (Å²) >= 11 is 0. The fourth-order valence-electron chi connectivity index (χ4n) is 3.27. The van der Waals surface area contributed by atoms with Crippen LogP contribution in [0.2, 0.25) is 0 Å². The lowest BCUT2D eigenvalue weighted by Gasteiger charge is -2.19. The van der Waals surface area contributed by atoms with Crippen LogP contribution < -0.4 is 10.6 Å². The van der Waals surface area contributed by atoms with Crippen LogP contribution in [-0.4, -0.2) is 16.7 Å². The molecule has 1 atom stereocenters. The predicted molar refractivity (Wildman–Crippen MR) is 119 cm³/mol. The number of rotatable bonds is 7. The number of hydrogen-bond acceptors (Lipinski definition) is 4. The molecule has 0 fully saturated rings. The summed E-state index contributed by atoms with van der Waals surface area (Å²) in [6.07, 6.45) is -0.0245. The Balaban J connectivity index is 1.79. The molecule has 0 aromatic heterocycles. The summed E-state index contributed by atoms with van der Waals surface area (Å²) in [5, 5.41) is 16.9. The van der Waals surface area contributed by atoms with E-state index in [1.165, 1.54) is 6.07 Å². The van der Waals surface area contributed by atoms with E-state index in [4.69, 9.17) is 0 Å². The first-order chi connectivity index (χ1) is 14.8. The molecule has 3 aromatic rings. The second-order valence-electron chi connectivity index (χ2n) is 7.25. The number of nitro groups is 1. The molecule has 7 nitrogen and oxygen atoms in total. The molecular formula is C24H23N3O4. The van der Waals surface area contributed by atoms with E-state index in [0.29, 0.717) is 22.4 Å². The zero-order valence-electron chi connectivity index (χ0n) is 17.3. The molecule has 0 spiro atoms. The number of nitrogens with zero attached hydrogens (tertiary/aromatic N) is 1. The van der Waals surface area contributed by atoms with E-state index in [0.717, 1.165) is 5.56 Å². The highest BCUT2D eigenvalue weighted by atomic mass is 16.6. The SMILES string of the molecule is Cc1cc(NC(=O)C[C@H](NC(=O)c2ccccc2)c2ccccc2)cc([N+](=O)[O-])c1C. The number of hydrogen-bond donors (Lipinski definition) is 2. The van der Waals surface area contributed by atoms with Gasteiger partial charge in [-0.15, -0.1) is 0 Å². The molecule has 0 radical (unpaired) electrons. The molecular weight excluding hydrogens is 394 g/mol. The molecule has 0 bridgehead atoms. The van der Waals surface area contributed by atoms with E-state index in [1.54, 1.807) is 44.2 Å². The van der Waals surface area contributed by atoms with E-state index in [2.05, 4.69) is 10.6 Å². The summed E-state index contributed by atoms with van der Waals surface area (Å²) in [5.74, 6) is -0.649. The molecule has 2 N–H and O–H groups in total. The molecule has 0 aliphatic carbocycles. The van der Waals surface area contributed by atoms with Crippen molar-refractivity contribution in [3.63, 3.8) is 0 Å². The zero-order valence-corrected chi connectivity index (χ0v) is 17.3. The van der Waals surface area contributed by atoms with Crippen LogP contribution in [0.25, 0.3) is 0 Å². The average Bonchev–Trinajstić information content (AvgIpc) is 2.76. The van der Waals surface area contributed by atoms with Gasteiger partial charge in [0.25, 0.3) is 11.6 Å². The quantitative estimate of drug-likeness (QED) is 0.429. The highest BCUT2D eigenvalue weighted by molar-refractivity contribution is 5.96. The Hall–Kier alpha value is -4.00. The number of carbonyl (C=O) groups excluding carboxylic acids is 2. The van der Waals surface area contributed by atoms with Crippen LogP contribution in [0.1, 0.15) is 39.5 Å². The third-order valence-electron chi connectivity index (χ3n) is 5.05. The van der Waals surface area contributed by atoms with Crippen molar-refractivity contribution in [1.29, 1.82) is 0 Å². The van der Waals surface area contributed by atoms with Gasteiger partial charge in [0.05, 0.1) is 17.4 Å². The third kappa shape index (κ3) is 5.54. The van der Waals surface area contributed by atoms with Crippen LogP contribution in [0.3, 0.4) is 0 Å². The Morgan fingerprint density at radius 2 is 1.58 bits per heavy atom. The molecule has 0 saturated heterocycles. The maximum absolute atomic E-state index is 12.8. The summed E-state index contributed by atoms with van der Waals surface area (Å²) in [4.78, 5) is 36.2. The molecule has 31 heavy (non-hydrogen) atoms. The number of carbonyl (C=O) groups is 2. The zero-order chi connectivity index (χ0) is 22.4. The normalized spacial score (nSPS) is 11.4. The Kier molecular flexibility index (Phi) is 6.77. The van der Waals surface area contributed by atoms with Crippen molar-refractivity contribution in [2.45, 2.75) is 26.3 Å². The molecule has 2 amide bonds. The largest absolute Gasteiger partial charge is 0.345 e. The average molecular weight is 417 g/mol. The van der Waals surface area contributed by atoms with Gasteiger partial charge in [-0.1, -0.05) is 48.5 Å². The van der Waals surface area contributed by atoms with Gasteiger partial charge in [0.1, 0.15) is 0 Å². The van der Waals surface area contributed by atoms with Gasteiger partial charge in [0.2, 0.25) is 5.91 Å². The van der Waals surface area contributed by atoms with E-state index in [1.807, 2.05) is 36.4 Å². The molecule has 3 aromatic carbocycles. The van der Waals surface area contributed by atoms with Crippen molar-refractivity contribution >= 4 is 23.2 Å². The standard InChI is InChI=1S/C24H23N3O4/c1-16-13-20(14-22(17(16)2)27(30)31)25-23(28)15-21(18-9-5-3-6-10-18)26-24(29)19-11-7-4-8-12-19/h3-14,21H,15H2,1-2H3,(H,25,28)(H,26,29)/t21-/m0/s1. The van der Waals surface area contributed by atoms with E-state index < -0.39 is 11.0 Å². The first kappa shape index (κ1) is 21.7. The Bertz CT molecular complexity index is 1100. The summed E-state index contributed by atoms with van der Waals surface area (Å²) in [6.45, 7) is 3.43. The van der Waals surface area contributed by atoms with Crippen LogP contribution in [0, 0.1) is 24.0 Å². The molecule has 0 aliphatic rings. The van der Waals surface area contributed by atoms with Gasteiger partial charge in [-0.05, 0) is 43.2 Å². The van der Waals surface area contributed by atoms with Crippen LogP contribution in [0.4, 0.5) is 11.4 Å². The molecule has 158 valence electrons. The predicted octanol–water partition coefficient (Wildman–Crippen LogP) is 4.71. The minimum Gasteiger partial charge on any atom is -0.345 e. The molecule has 7 heteroatoms. The summed E-state index contributed by atoms with van der Waals surface area (Å²) in [5.41, 5.74) is 2.84. The van der Waals surface area contributed by atoms with Gasteiger partial charge >= 0.3 is 0 Å². The maximum atomic E-state index is 12.8. The first-order valence-corrected chi connectivity index (χ1v) is 9.81. The highest BCUT2D eigenvalue weighted by Gasteiger charge is 2.21. The first-order valence-electron chi connectivity index (χ1n) is 9.81. The minimum absolute atomic E-state index is 0.0245. The summed E-state index contributed by atoms with van der Waals surface area (Å²) < 4.78 is 0. The second-order valence-corrected chi connectivity index (χ2v) is 7.25. The third-order valence-corrected chi connectivity index (χ3v) is 5.05. The fraction of sp³-hybridized carbons (Fsp3) is 0.167. The number of anilines is 1. The van der Waals surface area contributed by atoms with Crippen molar-refractivity contribution in [2.24, 2.45) is 0 Å². The number of amides is 2. The van der Waals surface area contributed by atoms with Crippen LogP contribution in [0.15, 0.2) is 72.8 Å². The Morgan fingerprint density at radius 1 is 0.968 bits per heavy atom. The van der Waals surface area contributed by atoms with Crippen molar-refractivity contribution in [1.82, 2.24) is 5.32 Å². The van der Waals surface area contributed by atoms with E-state index in [9.17, 15) is 19.7 Å². The van der Waals surface area contributed by atoms with Gasteiger partial charge in [-0.3, -0.25) is 19.7 Å². The number of benzene rings is 3. The van der Waals surface area contributed by atoms with Gasteiger partial charge in [-0.2, -0.15) is 0 Å². The molecule has 3 rings (SSSR count). The lowest BCUT2D eigenvalue weighted by Crippen LogP contribution is -2.31. The lowest BCUT2D eigenvalue weighted by molar-refractivity contribution is -0.385. The van der Waals surface area contributed by atoms with Crippen molar-refractivity contribution in [2.75, 3.05) is 5.32 Å². The molecule has 0 aliphatic heterocycles. The Morgan fingerprint density at radius 3 is 2.19 bits per heavy atom. The van der Waals surface area contributed by atoms with Gasteiger partial charge in [0, 0.05) is 22.9 Å². The lowest BCUT2D eigenvalue weighted by atomic mass is 10.0. The van der Waals surface area contributed by atoms with E-state index in [-0.39, 0.29) is 23.9 Å². The summed E-state index contributed by atoms with van der Waals surface area (Å²) in [7, 11) is 0. The fourth-order valence-corrected chi connectivity index (χ4v) is 3.27. The summed E-state index contributed by atoms with van der Waals surface area (Å²) in [6, 6.07) is 20.4. The smallest absolute Gasteiger partial charge is 0.274 e. The van der Waals surface area contributed by atoms with Crippen molar-refractivity contribution < 1.29 is 14.5 Å². The molecule has 0 heterocycles. The van der Waals surface area contributed by atoms with Gasteiger partial charge in [-0.25, -0.2) is 0 Å². The number of aryl methyl sites for hydroxylation is 1. The Labute approximate surface area is 180 Å². The van der Waals surface area contributed by atoms with Crippen LogP contribution in [0.5, 0.6) is 0 Å². The second kappa shape index (κ2) is 9.67. The van der Waals surface area contributed by atoms with Gasteiger partial charge in [0.15, 0.2) is 0 Å². The van der Waals surface area contributed by atoms with Gasteiger partial charge < -0.3 is 10.6 Å². The van der Waals surface area contributed by atoms with Crippen LogP contribution >= 0.6 is 0 Å². The minimum atomic E-state index is -0.560. The number of nitrogens with one attached hydrogen (secondary N) is 2. The maximum Gasteiger partial charge on any atom is 0.274 e. The topological polar surface area (TPSA) is 101 Å². The van der Waals surface area contributed by atoms with Crippen molar-refractivity contribution in [3.05, 3.63) is 105 Å². The monoisotopic (exact) mass is 417 g/mol. The number of nitro benzene ring substituents is 1.